The molecule has 0 saturated carbocycles. The Kier molecular flexibility index (Phi) is 3.28. The summed E-state index contributed by atoms with van der Waals surface area (Å²) in [6.07, 6.45) is 0. The number of benzene rings is 2. The summed E-state index contributed by atoms with van der Waals surface area (Å²) in [5.74, 6) is 0.749. The van der Waals surface area contributed by atoms with E-state index in [1.165, 1.54) is 0 Å². The number of halogens is 1. The number of rotatable bonds is 2. The lowest BCUT2D eigenvalue weighted by Gasteiger charge is -2.13. The maximum Gasteiger partial charge on any atom is 0.266 e. The lowest BCUT2D eigenvalue weighted by Crippen LogP contribution is -2.24. The monoisotopic (exact) mass is 284 g/mol. The quantitative estimate of drug-likeness (QED) is 0.676. The molecule has 0 bridgehead atoms. The Bertz CT molecular complexity index is 839. The highest BCUT2D eigenvalue weighted by Gasteiger charge is 2.12. The summed E-state index contributed by atoms with van der Waals surface area (Å²) in [4.78, 5) is 17.2. The molecule has 0 amide bonds. The molecule has 2 aromatic carbocycles. The van der Waals surface area contributed by atoms with Crippen LogP contribution >= 0.6 is 11.6 Å². The Morgan fingerprint density at radius 2 is 1.80 bits per heavy atom. The number of aromatic nitrogens is 2. The molecule has 0 spiro atoms. The van der Waals surface area contributed by atoms with Gasteiger partial charge in [-0.1, -0.05) is 30.3 Å². The Morgan fingerprint density at radius 1 is 1.10 bits per heavy atom. The molecular formula is C16H13ClN2O. The summed E-state index contributed by atoms with van der Waals surface area (Å²) in [5, 5.41) is 0.601. The van der Waals surface area contributed by atoms with Crippen molar-refractivity contribution < 1.29 is 0 Å². The normalized spacial score (nSPS) is 10.9. The first-order chi connectivity index (χ1) is 9.72. The standard InChI is InChI=1S/C16H13ClN2O/c1-11-6-2-5-9-14(11)19-15(10-17)18-13-8-4-3-7-12(13)16(19)20/h2-9H,10H2,1H3. The van der Waals surface area contributed by atoms with Gasteiger partial charge in [-0.15, -0.1) is 11.6 Å². The van der Waals surface area contributed by atoms with E-state index < -0.39 is 0 Å². The van der Waals surface area contributed by atoms with Gasteiger partial charge in [0.2, 0.25) is 0 Å². The highest BCUT2D eigenvalue weighted by molar-refractivity contribution is 6.16. The third-order valence-corrected chi connectivity index (χ3v) is 3.56. The zero-order chi connectivity index (χ0) is 14.1. The highest BCUT2D eigenvalue weighted by atomic mass is 35.5. The highest BCUT2D eigenvalue weighted by Crippen LogP contribution is 2.17. The van der Waals surface area contributed by atoms with Gasteiger partial charge >= 0.3 is 0 Å². The fourth-order valence-electron chi connectivity index (χ4n) is 2.33. The third kappa shape index (κ3) is 2.00. The van der Waals surface area contributed by atoms with Gasteiger partial charge in [-0.3, -0.25) is 9.36 Å². The van der Waals surface area contributed by atoms with E-state index in [4.69, 9.17) is 11.6 Å². The summed E-state index contributed by atoms with van der Waals surface area (Å²) >= 11 is 5.98. The lowest BCUT2D eigenvalue weighted by atomic mass is 10.2. The van der Waals surface area contributed by atoms with E-state index in [0.29, 0.717) is 16.7 Å². The van der Waals surface area contributed by atoms with Crippen LogP contribution in [0.3, 0.4) is 0 Å². The molecule has 0 aliphatic carbocycles. The maximum atomic E-state index is 12.7. The summed E-state index contributed by atoms with van der Waals surface area (Å²) in [6, 6.07) is 15.0. The van der Waals surface area contributed by atoms with Crippen LogP contribution in [0.4, 0.5) is 0 Å². The molecule has 0 N–H and O–H groups in total. The van der Waals surface area contributed by atoms with Crippen LogP contribution < -0.4 is 5.56 Å². The van der Waals surface area contributed by atoms with Crippen molar-refractivity contribution in [2.75, 3.05) is 0 Å². The minimum atomic E-state index is -0.0828. The largest absolute Gasteiger partial charge is 0.268 e. The van der Waals surface area contributed by atoms with Gasteiger partial charge in [0.05, 0.1) is 22.5 Å². The molecule has 0 saturated heterocycles. The van der Waals surface area contributed by atoms with Crippen LogP contribution in [-0.2, 0) is 5.88 Å². The molecule has 0 radical (unpaired) electrons. The average molecular weight is 285 g/mol. The fourth-order valence-corrected chi connectivity index (χ4v) is 2.51. The molecular weight excluding hydrogens is 272 g/mol. The van der Waals surface area contributed by atoms with Crippen LogP contribution in [0, 0.1) is 6.92 Å². The van der Waals surface area contributed by atoms with Crippen molar-refractivity contribution in [1.82, 2.24) is 9.55 Å². The maximum absolute atomic E-state index is 12.7. The van der Waals surface area contributed by atoms with E-state index in [1.807, 2.05) is 49.4 Å². The molecule has 0 atom stereocenters. The number of hydrogen-bond donors (Lipinski definition) is 0. The second-order valence-electron chi connectivity index (χ2n) is 4.61. The minimum Gasteiger partial charge on any atom is -0.268 e. The molecule has 0 unspecified atom stereocenters. The van der Waals surface area contributed by atoms with Crippen LogP contribution in [0.25, 0.3) is 16.6 Å². The van der Waals surface area contributed by atoms with Crippen LogP contribution in [0.5, 0.6) is 0 Å². The second-order valence-corrected chi connectivity index (χ2v) is 4.87. The summed E-state index contributed by atoms with van der Waals surface area (Å²) in [6.45, 7) is 1.97. The Labute approximate surface area is 121 Å². The van der Waals surface area contributed by atoms with Gasteiger partial charge in [0.25, 0.3) is 5.56 Å². The third-order valence-electron chi connectivity index (χ3n) is 3.32. The molecule has 0 fully saturated rings. The average Bonchev–Trinajstić information content (AvgIpc) is 2.48. The number of para-hydroxylation sites is 2. The molecule has 3 aromatic rings. The second kappa shape index (κ2) is 5.10. The molecule has 3 nitrogen and oxygen atoms in total. The SMILES string of the molecule is Cc1ccccc1-n1c(CCl)nc2ccccc2c1=O. The zero-order valence-corrected chi connectivity index (χ0v) is 11.8. The van der Waals surface area contributed by atoms with Crippen LogP contribution in [-0.4, -0.2) is 9.55 Å². The first-order valence-corrected chi connectivity index (χ1v) is 6.88. The molecule has 20 heavy (non-hydrogen) atoms. The van der Waals surface area contributed by atoms with Gasteiger partial charge in [-0.05, 0) is 30.7 Å². The van der Waals surface area contributed by atoms with Crippen molar-refractivity contribution in [3.63, 3.8) is 0 Å². The van der Waals surface area contributed by atoms with Crippen molar-refractivity contribution in [1.29, 1.82) is 0 Å². The molecule has 4 heteroatoms. The van der Waals surface area contributed by atoms with E-state index in [9.17, 15) is 4.79 Å². The number of alkyl halides is 1. The number of aryl methyl sites for hydroxylation is 1. The summed E-state index contributed by atoms with van der Waals surface area (Å²) < 4.78 is 1.60. The van der Waals surface area contributed by atoms with Crippen molar-refractivity contribution in [3.05, 3.63) is 70.3 Å². The smallest absolute Gasteiger partial charge is 0.266 e. The van der Waals surface area contributed by atoms with Crippen LogP contribution in [0.1, 0.15) is 11.4 Å². The van der Waals surface area contributed by atoms with Gasteiger partial charge in [0.1, 0.15) is 5.82 Å². The van der Waals surface area contributed by atoms with Crippen molar-refractivity contribution in [2.24, 2.45) is 0 Å². The van der Waals surface area contributed by atoms with Gasteiger partial charge in [0, 0.05) is 0 Å². The van der Waals surface area contributed by atoms with E-state index >= 15 is 0 Å². The minimum absolute atomic E-state index is 0.0828. The fraction of sp³-hybridized carbons (Fsp3) is 0.125. The van der Waals surface area contributed by atoms with E-state index in [-0.39, 0.29) is 11.4 Å². The van der Waals surface area contributed by atoms with Gasteiger partial charge in [0.15, 0.2) is 0 Å². The zero-order valence-electron chi connectivity index (χ0n) is 11.0. The summed E-state index contributed by atoms with van der Waals surface area (Å²) in [7, 11) is 0. The molecule has 1 aromatic heterocycles. The Balaban J connectivity index is 2.43. The Hall–Kier alpha value is -2.13. The number of fused-ring (bicyclic) bond motifs is 1. The van der Waals surface area contributed by atoms with E-state index in [2.05, 4.69) is 4.98 Å². The summed E-state index contributed by atoms with van der Waals surface area (Å²) in [5.41, 5.74) is 2.43. The van der Waals surface area contributed by atoms with Crippen LogP contribution in [0.2, 0.25) is 0 Å². The van der Waals surface area contributed by atoms with Crippen molar-refractivity contribution >= 4 is 22.5 Å². The number of hydrogen-bond acceptors (Lipinski definition) is 2. The van der Waals surface area contributed by atoms with E-state index in [0.717, 1.165) is 11.3 Å². The lowest BCUT2D eigenvalue weighted by molar-refractivity contribution is 0.875. The van der Waals surface area contributed by atoms with Gasteiger partial charge in [-0.2, -0.15) is 0 Å². The predicted molar refractivity (Wildman–Crippen MR) is 81.6 cm³/mol. The van der Waals surface area contributed by atoms with Crippen molar-refractivity contribution in [2.45, 2.75) is 12.8 Å². The predicted octanol–water partition coefficient (Wildman–Crippen LogP) is 3.43. The van der Waals surface area contributed by atoms with Gasteiger partial charge in [-0.25, -0.2) is 4.98 Å². The van der Waals surface area contributed by atoms with Crippen LogP contribution in [0.15, 0.2) is 53.3 Å². The van der Waals surface area contributed by atoms with E-state index in [1.54, 1.807) is 10.6 Å². The Morgan fingerprint density at radius 3 is 2.55 bits per heavy atom. The number of nitrogens with zero attached hydrogens (tertiary/aromatic N) is 2. The van der Waals surface area contributed by atoms with Gasteiger partial charge < -0.3 is 0 Å². The molecule has 0 aliphatic rings. The molecule has 0 aliphatic heterocycles. The molecule has 100 valence electrons. The topological polar surface area (TPSA) is 34.9 Å². The molecule has 1 heterocycles. The molecule has 3 rings (SSSR count). The first-order valence-electron chi connectivity index (χ1n) is 6.35. The first kappa shape index (κ1) is 12.9. The van der Waals surface area contributed by atoms with Crippen molar-refractivity contribution in [3.8, 4) is 5.69 Å².